The van der Waals surface area contributed by atoms with Crippen LogP contribution in [0.15, 0.2) is 48.7 Å². The van der Waals surface area contributed by atoms with Gasteiger partial charge in [0.1, 0.15) is 42.0 Å². The molecule has 2 heterocycles. The van der Waals surface area contributed by atoms with Crippen LogP contribution in [0, 0.1) is 17.5 Å². The second kappa shape index (κ2) is 9.25. The van der Waals surface area contributed by atoms with E-state index >= 15 is 0 Å². The molecule has 5 atom stereocenters. The van der Waals surface area contributed by atoms with E-state index < -0.39 is 54.5 Å². The predicted molar refractivity (Wildman–Crippen MR) is 107 cm³/mol. The molecule has 0 saturated carbocycles. The molecule has 0 radical (unpaired) electrons. The normalized spacial score (nSPS) is 25.6. The third kappa shape index (κ3) is 4.46. The Morgan fingerprint density at radius 1 is 1.00 bits per heavy atom. The fraction of sp³-hybridized carbons (Fsp3) is 0.333. The van der Waals surface area contributed by atoms with Gasteiger partial charge in [-0.3, -0.25) is 0 Å². The summed E-state index contributed by atoms with van der Waals surface area (Å²) >= 11 is 0. The summed E-state index contributed by atoms with van der Waals surface area (Å²) in [7, 11) is 0. The van der Waals surface area contributed by atoms with Crippen molar-refractivity contribution < 1.29 is 33.2 Å². The molecule has 0 bridgehead atoms. The van der Waals surface area contributed by atoms with Gasteiger partial charge in [-0.25, -0.2) is 17.9 Å². The van der Waals surface area contributed by atoms with E-state index in [4.69, 9.17) is 4.74 Å². The zero-order valence-electron chi connectivity index (χ0n) is 16.6. The van der Waals surface area contributed by atoms with Crippen molar-refractivity contribution in [2.45, 2.75) is 30.5 Å². The van der Waals surface area contributed by atoms with Crippen molar-refractivity contribution in [3.8, 4) is 11.3 Å². The van der Waals surface area contributed by atoms with Gasteiger partial charge in [0.15, 0.2) is 11.6 Å². The number of nitrogens with zero attached hydrogens (tertiary/aromatic N) is 3. The van der Waals surface area contributed by atoms with E-state index in [-0.39, 0.29) is 12.2 Å². The molecule has 0 spiro atoms. The van der Waals surface area contributed by atoms with Gasteiger partial charge in [-0.15, -0.1) is 5.10 Å². The predicted octanol–water partition coefficient (Wildman–Crippen LogP) is 1.50. The van der Waals surface area contributed by atoms with Gasteiger partial charge < -0.3 is 25.4 Å². The number of aromatic nitrogens is 3. The summed E-state index contributed by atoms with van der Waals surface area (Å²) in [4.78, 5) is 0. The first kappa shape index (κ1) is 22.2. The van der Waals surface area contributed by atoms with E-state index in [1.807, 2.05) is 0 Å². The Hall–Kier alpha value is -2.99. The summed E-state index contributed by atoms with van der Waals surface area (Å²) in [5.41, 5.74) is 1.05. The monoisotopic (exact) mass is 450 g/mol. The molecule has 5 unspecified atom stereocenters. The van der Waals surface area contributed by atoms with Gasteiger partial charge in [0.2, 0.25) is 0 Å². The summed E-state index contributed by atoms with van der Waals surface area (Å²) in [6.45, 7) is -0.561. The van der Waals surface area contributed by atoms with Crippen molar-refractivity contribution in [1.29, 1.82) is 0 Å². The van der Waals surface area contributed by atoms with Crippen LogP contribution in [0.1, 0.15) is 6.04 Å². The number of benzene rings is 2. The van der Waals surface area contributed by atoms with Gasteiger partial charge in [-0.2, -0.15) is 0 Å². The summed E-state index contributed by atoms with van der Waals surface area (Å²) in [5.74, 6) is -2.48. The molecule has 0 amide bonds. The van der Waals surface area contributed by atoms with Crippen LogP contribution in [0.5, 0.6) is 0 Å². The van der Waals surface area contributed by atoms with Crippen molar-refractivity contribution in [3.63, 3.8) is 0 Å². The van der Waals surface area contributed by atoms with Gasteiger partial charge in [0.25, 0.3) is 0 Å². The molecule has 2 aromatic carbocycles. The zero-order chi connectivity index (χ0) is 22.8. The maximum Gasteiger partial charge on any atom is 0.160 e. The Kier molecular flexibility index (Phi) is 6.42. The van der Waals surface area contributed by atoms with Crippen LogP contribution in [0.25, 0.3) is 11.3 Å². The zero-order valence-corrected chi connectivity index (χ0v) is 16.6. The lowest BCUT2D eigenvalue weighted by molar-refractivity contribution is -0.201. The number of hydrogen-bond donors (Lipinski definition) is 4. The molecule has 170 valence electrons. The quantitative estimate of drug-likeness (QED) is 0.450. The highest BCUT2D eigenvalue weighted by atomic mass is 19.2. The minimum Gasteiger partial charge on any atom is -0.394 e. The standard InChI is InChI=1S/C21H21F3N4O4/c22-12-3-1-2-11(6-12)16-9-28(27-26-16)19-20(30)17(32-18(10-29)21(19)31)8-25-13-4-5-14(23)15(24)7-13/h1-7,9,17-21,25,29-31H,8,10H2. The van der Waals surface area contributed by atoms with Gasteiger partial charge in [0, 0.05) is 23.9 Å². The molecule has 1 saturated heterocycles. The molecule has 11 heteroatoms. The molecule has 0 aliphatic carbocycles. The van der Waals surface area contributed by atoms with E-state index in [1.165, 1.54) is 35.1 Å². The van der Waals surface area contributed by atoms with Crippen molar-refractivity contribution in [1.82, 2.24) is 15.0 Å². The number of aliphatic hydroxyl groups is 3. The summed E-state index contributed by atoms with van der Waals surface area (Å²) in [6, 6.07) is 7.93. The average molecular weight is 450 g/mol. The van der Waals surface area contributed by atoms with E-state index in [9.17, 15) is 28.5 Å². The Morgan fingerprint density at radius 2 is 1.78 bits per heavy atom. The van der Waals surface area contributed by atoms with Crippen molar-refractivity contribution in [3.05, 3.63) is 66.1 Å². The van der Waals surface area contributed by atoms with Crippen LogP contribution in [-0.2, 0) is 4.74 Å². The van der Waals surface area contributed by atoms with Crippen molar-refractivity contribution >= 4 is 5.69 Å². The highest BCUT2D eigenvalue weighted by molar-refractivity contribution is 5.57. The number of aliphatic hydroxyl groups excluding tert-OH is 3. The van der Waals surface area contributed by atoms with E-state index in [1.54, 1.807) is 6.07 Å². The van der Waals surface area contributed by atoms with Crippen LogP contribution in [0.2, 0.25) is 0 Å². The summed E-state index contributed by atoms with van der Waals surface area (Å²) < 4.78 is 46.9. The van der Waals surface area contributed by atoms with Crippen molar-refractivity contribution in [2.24, 2.45) is 0 Å². The molecular formula is C21H21F3N4O4. The van der Waals surface area contributed by atoms with Gasteiger partial charge in [-0.05, 0) is 24.3 Å². The topological polar surface area (TPSA) is 113 Å². The maximum atomic E-state index is 13.5. The highest BCUT2D eigenvalue weighted by Crippen LogP contribution is 2.31. The Bertz CT molecular complexity index is 1080. The van der Waals surface area contributed by atoms with Gasteiger partial charge in [0.05, 0.1) is 12.8 Å². The molecule has 1 fully saturated rings. The molecule has 4 rings (SSSR count). The smallest absolute Gasteiger partial charge is 0.160 e. The molecule has 8 nitrogen and oxygen atoms in total. The first-order valence-electron chi connectivity index (χ1n) is 9.86. The molecule has 1 aliphatic rings. The van der Waals surface area contributed by atoms with Crippen LogP contribution in [0.4, 0.5) is 18.9 Å². The largest absolute Gasteiger partial charge is 0.394 e. The van der Waals surface area contributed by atoms with E-state index in [0.29, 0.717) is 11.3 Å². The maximum absolute atomic E-state index is 13.5. The lowest BCUT2D eigenvalue weighted by Crippen LogP contribution is -2.57. The second-order valence-electron chi connectivity index (χ2n) is 7.47. The van der Waals surface area contributed by atoms with Crippen LogP contribution in [-0.4, -0.2) is 67.9 Å². The summed E-state index contributed by atoms with van der Waals surface area (Å²) in [5, 5.41) is 41.9. The molecule has 1 aliphatic heterocycles. The summed E-state index contributed by atoms with van der Waals surface area (Å²) in [6.07, 6.45) is -3.15. The number of hydrogen-bond acceptors (Lipinski definition) is 7. The molecule has 3 aromatic rings. The second-order valence-corrected chi connectivity index (χ2v) is 7.47. The van der Waals surface area contributed by atoms with Crippen LogP contribution >= 0.6 is 0 Å². The minimum absolute atomic E-state index is 0.0303. The van der Waals surface area contributed by atoms with Crippen LogP contribution < -0.4 is 5.32 Å². The Morgan fingerprint density at radius 3 is 2.50 bits per heavy atom. The molecule has 32 heavy (non-hydrogen) atoms. The fourth-order valence-electron chi connectivity index (χ4n) is 3.69. The third-order valence-electron chi connectivity index (χ3n) is 5.35. The SMILES string of the molecule is OCC1OC(CNc2ccc(F)c(F)c2)C(O)C(n2cc(-c3cccc(F)c3)nn2)C1O. The molecular weight excluding hydrogens is 429 g/mol. The number of ether oxygens (including phenoxy) is 1. The van der Waals surface area contributed by atoms with Gasteiger partial charge in [-0.1, -0.05) is 17.3 Å². The highest BCUT2D eigenvalue weighted by Gasteiger charge is 2.45. The third-order valence-corrected chi connectivity index (χ3v) is 5.35. The lowest BCUT2D eigenvalue weighted by atomic mass is 9.92. The molecule has 4 N–H and O–H groups in total. The van der Waals surface area contributed by atoms with E-state index in [0.717, 1.165) is 12.1 Å². The van der Waals surface area contributed by atoms with Gasteiger partial charge >= 0.3 is 0 Å². The number of rotatable bonds is 6. The minimum atomic E-state index is -1.32. The average Bonchev–Trinajstić information content (AvgIpc) is 3.25. The first-order chi connectivity index (χ1) is 15.4. The molecule has 1 aromatic heterocycles. The van der Waals surface area contributed by atoms with Crippen LogP contribution in [0.3, 0.4) is 0 Å². The first-order valence-corrected chi connectivity index (χ1v) is 9.86. The Labute approximate surface area is 180 Å². The lowest BCUT2D eigenvalue weighted by Gasteiger charge is -2.42. The van der Waals surface area contributed by atoms with E-state index in [2.05, 4.69) is 15.6 Å². The number of nitrogens with one attached hydrogen (secondary N) is 1. The Balaban J connectivity index is 1.55. The number of anilines is 1. The fourth-order valence-corrected chi connectivity index (χ4v) is 3.69. The number of halogens is 3. The van der Waals surface area contributed by atoms with Crippen molar-refractivity contribution in [2.75, 3.05) is 18.5 Å².